The predicted molar refractivity (Wildman–Crippen MR) is 68.6 cm³/mol. The molecule has 0 aromatic carbocycles. The largest absolute Gasteiger partial charge is 0.384 e. The van der Waals surface area contributed by atoms with Gasteiger partial charge in [-0.1, -0.05) is 11.6 Å². The SMILES string of the molecule is COCC1CCCN(c2cc(Cl)nc(C)n2)C1. The standard InChI is InChI=1S/C12H18ClN3O/c1-9-14-11(13)6-12(15-9)16-5-3-4-10(7-16)8-17-2/h6,10H,3-5,7-8H2,1-2H3. The molecule has 1 atom stereocenters. The monoisotopic (exact) mass is 255 g/mol. The van der Waals surface area contributed by atoms with Crippen molar-refractivity contribution in [2.24, 2.45) is 5.92 Å². The second kappa shape index (κ2) is 5.65. The third-order valence-corrected chi connectivity index (χ3v) is 3.23. The maximum Gasteiger partial charge on any atom is 0.134 e. The van der Waals surface area contributed by atoms with Gasteiger partial charge in [0.15, 0.2) is 0 Å². The third kappa shape index (κ3) is 3.30. The lowest BCUT2D eigenvalue weighted by atomic mass is 9.99. The van der Waals surface area contributed by atoms with Crippen molar-refractivity contribution in [1.29, 1.82) is 0 Å². The maximum atomic E-state index is 5.96. The van der Waals surface area contributed by atoms with Crippen LogP contribution in [0, 0.1) is 12.8 Å². The Morgan fingerprint density at radius 2 is 2.35 bits per heavy atom. The molecule has 0 spiro atoms. The van der Waals surface area contributed by atoms with Crippen LogP contribution in [0.1, 0.15) is 18.7 Å². The molecule has 0 radical (unpaired) electrons. The van der Waals surface area contributed by atoms with E-state index in [1.54, 1.807) is 7.11 Å². The van der Waals surface area contributed by atoms with Crippen molar-refractivity contribution in [2.75, 3.05) is 31.7 Å². The van der Waals surface area contributed by atoms with Crippen molar-refractivity contribution in [2.45, 2.75) is 19.8 Å². The average molecular weight is 256 g/mol. The van der Waals surface area contributed by atoms with E-state index >= 15 is 0 Å². The summed E-state index contributed by atoms with van der Waals surface area (Å²) in [5.74, 6) is 2.24. The highest BCUT2D eigenvalue weighted by molar-refractivity contribution is 6.29. The summed E-state index contributed by atoms with van der Waals surface area (Å²) in [5, 5.41) is 0.515. The summed E-state index contributed by atoms with van der Waals surface area (Å²) in [6.45, 7) is 4.70. The second-order valence-corrected chi connectivity index (χ2v) is 4.89. The zero-order valence-electron chi connectivity index (χ0n) is 10.3. The van der Waals surface area contributed by atoms with Crippen LogP contribution >= 0.6 is 11.6 Å². The summed E-state index contributed by atoms with van der Waals surface area (Å²) >= 11 is 5.96. The van der Waals surface area contributed by atoms with Gasteiger partial charge in [-0.15, -0.1) is 0 Å². The van der Waals surface area contributed by atoms with E-state index < -0.39 is 0 Å². The minimum atomic E-state index is 0.515. The number of aryl methyl sites for hydroxylation is 1. The number of nitrogens with zero attached hydrogens (tertiary/aromatic N) is 3. The number of hydrogen-bond donors (Lipinski definition) is 0. The molecule has 2 heterocycles. The van der Waals surface area contributed by atoms with E-state index in [0.29, 0.717) is 11.1 Å². The molecule has 1 aromatic rings. The number of methoxy groups -OCH3 is 1. The highest BCUT2D eigenvalue weighted by Gasteiger charge is 2.21. The zero-order valence-corrected chi connectivity index (χ0v) is 11.1. The van der Waals surface area contributed by atoms with Crippen molar-refractivity contribution >= 4 is 17.4 Å². The molecule has 1 saturated heterocycles. The van der Waals surface area contributed by atoms with E-state index in [1.807, 2.05) is 13.0 Å². The van der Waals surface area contributed by atoms with Gasteiger partial charge in [0.05, 0.1) is 6.61 Å². The molecular weight excluding hydrogens is 238 g/mol. The van der Waals surface area contributed by atoms with Crippen molar-refractivity contribution in [3.05, 3.63) is 17.0 Å². The van der Waals surface area contributed by atoms with Crippen LogP contribution in [0.3, 0.4) is 0 Å². The lowest BCUT2D eigenvalue weighted by Gasteiger charge is -2.33. The molecular formula is C12H18ClN3O. The molecule has 0 N–H and O–H groups in total. The Hall–Kier alpha value is -0.870. The Morgan fingerprint density at radius 1 is 1.53 bits per heavy atom. The Balaban J connectivity index is 2.10. The molecule has 1 unspecified atom stereocenters. The van der Waals surface area contributed by atoms with Crippen molar-refractivity contribution < 1.29 is 4.74 Å². The first-order chi connectivity index (χ1) is 8.19. The van der Waals surface area contributed by atoms with Gasteiger partial charge < -0.3 is 9.64 Å². The first-order valence-corrected chi connectivity index (χ1v) is 6.32. The van der Waals surface area contributed by atoms with Crippen molar-refractivity contribution in [3.8, 4) is 0 Å². The number of rotatable bonds is 3. The van der Waals surface area contributed by atoms with Crippen molar-refractivity contribution in [1.82, 2.24) is 9.97 Å². The maximum absolute atomic E-state index is 5.96. The number of anilines is 1. The Morgan fingerprint density at radius 3 is 3.06 bits per heavy atom. The number of hydrogen-bond acceptors (Lipinski definition) is 4. The summed E-state index contributed by atoms with van der Waals surface area (Å²) in [6, 6.07) is 1.84. The van der Waals surface area contributed by atoms with Gasteiger partial charge in [-0.25, -0.2) is 9.97 Å². The number of aromatic nitrogens is 2. The quantitative estimate of drug-likeness (QED) is 0.777. The molecule has 1 aliphatic heterocycles. The van der Waals surface area contributed by atoms with Gasteiger partial charge in [0, 0.05) is 26.3 Å². The van der Waals surface area contributed by atoms with E-state index in [0.717, 1.165) is 31.3 Å². The lowest BCUT2D eigenvalue weighted by Crippen LogP contribution is -2.37. The van der Waals surface area contributed by atoms with Crippen LogP contribution in [0.2, 0.25) is 5.15 Å². The zero-order chi connectivity index (χ0) is 12.3. The average Bonchev–Trinajstić information content (AvgIpc) is 2.28. The molecule has 0 aliphatic carbocycles. The van der Waals surface area contributed by atoms with Crippen LogP contribution < -0.4 is 4.90 Å². The first kappa shape index (κ1) is 12.6. The Labute approximate surface area is 107 Å². The van der Waals surface area contributed by atoms with Gasteiger partial charge in [-0.2, -0.15) is 0 Å². The van der Waals surface area contributed by atoms with Gasteiger partial charge in [-0.3, -0.25) is 0 Å². The van der Waals surface area contributed by atoms with Crippen LogP contribution in [-0.4, -0.2) is 36.8 Å². The van der Waals surface area contributed by atoms with E-state index in [1.165, 1.54) is 12.8 Å². The Bertz CT molecular complexity index is 364. The molecule has 1 aromatic heterocycles. The van der Waals surface area contributed by atoms with Gasteiger partial charge in [0.2, 0.25) is 0 Å². The summed E-state index contributed by atoms with van der Waals surface area (Å²) in [4.78, 5) is 10.8. The van der Waals surface area contributed by atoms with Crippen LogP contribution in [0.4, 0.5) is 5.82 Å². The molecule has 17 heavy (non-hydrogen) atoms. The molecule has 5 heteroatoms. The molecule has 0 amide bonds. The molecule has 1 aliphatic rings. The highest BCUT2D eigenvalue weighted by atomic mass is 35.5. The minimum absolute atomic E-state index is 0.515. The lowest BCUT2D eigenvalue weighted by molar-refractivity contribution is 0.143. The summed E-state index contributed by atoms with van der Waals surface area (Å²) in [7, 11) is 1.75. The van der Waals surface area contributed by atoms with Gasteiger partial charge in [0.1, 0.15) is 16.8 Å². The van der Waals surface area contributed by atoms with Gasteiger partial charge in [-0.05, 0) is 25.7 Å². The smallest absolute Gasteiger partial charge is 0.134 e. The fraction of sp³-hybridized carbons (Fsp3) is 0.667. The van der Waals surface area contributed by atoms with Gasteiger partial charge >= 0.3 is 0 Å². The van der Waals surface area contributed by atoms with Crippen LogP contribution in [0.25, 0.3) is 0 Å². The molecule has 0 saturated carbocycles. The molecule has 4 nitrogen and oxygen atoms in total. The van der Waals surface area contributed by atoms with Crippen LogP contribution in [-0.2, 0) is 4.74 Å². The molecule has 1 fully saturated rings. The number of ether oxygens (including phenoxy) is 1. The third-order valence-electron chi connectivity index (χ3n) is 3.04. The van der Waals surface area contributed by atoms with E-state index in [4.69, 9.17) is 16.3 Å². The summed E-state index contributed by atoms with van der Waals surface area (Å²) in [6.07, 6.45) is 2.40. The van der Waals surface area contributed by atoms with E-state index in [-0.39, 0.29) is 0 Å². The second-order valence-electron chi connectivity index (χ2n) is 4.51. The van der Waals surface area contributed by atoms with Crippen LogP contribution in [0.5, 0.6) is 0 Å². The first-order valence-electron chi connectivity index (χ1n) is 5.94. The van der Waals surface area contributed by atoms with Gasteiger partial charge in [0.25, 0.3) is 0 Å². The Kier molecular flexibility index (Phi) is 4.18. The summed E-state index contributed by atoms with van der Waals surface area (Å²) in [5.41, 5.74) is 0. The number of halogens is 1. The normalized spacial score (nSPS) is 20.6. The molecule has 94 valence electrons. The molecule has 2 rings (SSSR count). The topological polar surface area (TPSA) is 38.2 Å². The van der Waals surface area contributed by atoms with Crippen molar-refractivity contribution in [3.63, 3.8) is 0 Å². The molecule has 0 bridgehead atoms. The fourth-order valence-corrected chi connectivity index (χ4v) is 2.54. The summed E-state index contributed by atoms with van der Waals surface area (Å²) < 4.78 is 5.23. The highest BCUT2D eigenvalue weighted by Crippen LogP contribution is 2.23. The van der Waals surface area contributed by atoms with Crippen LogP contribution in [0.15, 0.2) is 6.07 Å². The minimum Gasteiger partial charge on any atom is -0.384 e. The predicted octanol–water partition coefficient (Wildman–Crippen LogP) is 2.30. The number of piperidine rings is 1. The van der Waals surface area contributed by atoms with E-state index in [9.17, 15) is 0 Å². The van der Waals surface area contributed by atoms with E-state index in [2.05, 4.69) is 14.9 Å². The fourth-order valence-electron chi connectivity index (χ4n) is 2.32.